The lowest BCUT2D eigenvalue weighted by Gasteiger charge is -2.24. The summed E-state index contributed by atoms with van der Waals surface area (Å²) < 4.78 is 18.9. The molecule has 0 aromatic heterocycles. The molecule has 112 valence electrons. The number of likely N-dealkylation sites (N-methyl/N-ethyl adjacent to an activating group) is 1. The van der Waals surface area contributed by atoms with Gasteiger partial charge in [0.25, 0.3) is 5.91 Å². The first-order valence-corrected chi connectivity index (χ1v) is 6.91. The first-order chi connectivity index (χ1) is 9.53. The largest absolute Gasteiger partial charge is 0.481 e. The zero-order valence-corrected chi connectivity index (χ0v) is 12.6. The minimum absolute atomic E-state index is 0.0604. The molecule has 1 atom stereocenters. The number of halogens is 1. The van der Waals surface area contributed by atoms with Crippen LogP contribution in [0.15, 0.2) is 18.2 Å². The number of carbonyl (C=O) groups is 1. The van der Waals surface area contributed by atoms with E-state index in [0.29, 0.717) is 30.9 Å². The minimum atomic E-state index is -0.587. The number of hydrogen-bond acceptors (Lipinski definition) is 3. The topological polar surface area (TPSA) is 41.6 Å². The number of carbonyl (C=O) groups excluding carboxylic acids is 1. The van der Waals surface area contributed by atoms with Crippen LogP contribution in [0.4, 0.5) is 4.39 Å². The molecule has 1 N–H and O–H groups in total. The fourth-order valence-corrected chi connectivity index (χ4v) is 2.02. The quantitative estimate of drug-likeness (QED) is 0.833. The summed E-state index contributed by atoms with van der Waals surface area (Å²) in [5.74, 6) is 0.161. The third-order valence-corrected chi connectivity index (χ3v) is 3.12. The SMILES string of the molecule is CCN(CC)C(=O)C(C)Oc1ccc(F)cc1CNC. The summed E-state index contributed by atoms with van der Waals surface area (Å²) in [7, 11) is 1.78. The Morgan fingerprint density at radius 3 is 2.60 bits per heavy atom. The van der Waals surface area contributed by atoms with E-state index in [9.17, 15) is 9.18 Å². The van der Waals surface area contributed by atoms with Crippen molar-refractivity contribution in [1.29, 1.82) is 0 Å². The van der Waals surface area contributed by atoms with Crippen LogP contribution in [-0.2, 0) is 11.3 Å². The average molecular weight is 282 g/mol. The van der Waals surface area contributed by atoms with Crippen molar-refractivity contribution in [3.05, 3.63) is 29.6 Å². The molecule has 1 rings (SSSR count). The van der Waals surface area contributed by atoms with E-state index in [2.05, 4.69) is 5.32 Å². The highest BCUT2D eigenvalue weighted by atomic mass is 19.1. The molecule has 5 heteroatoms. The third-order valence-electron chi connectivity index (χ3n) is 3.12. The molecule has 0 saturated carbocycles. The van der Waals surface area contributed by atoms with Gasteiger partial charge in [0.05, 0.1) is 0 Å². The highest BCUT2D eigenvalue weighted by molar-refractivity contribution is 5.80. The number of hydrogen-bond donors (Lipinski definition) is 1. The van der Waals surface area contributed by atoms with Crippen molar-refractivity contribution in [2.75, 3.05) is 20.1 Å². The molecule has 0 bridgehead atoms. The lowest BCUT2D eigenvalue weighted by atomic mass is 10.2. The fraction of sp³-hybridized carbons (Fsp3) is 0.533. The first-order valence-electron chi connectivity index (χ1n) is 6.91. The van der Waals surface area contributed by atoms with Gasteiger partial charge < -0.3 is 15.0 Å². The van der Waals surface area contributed by atoms with Gasteiger partial charge in [0.1, 0.15) is 11.6 Å². The van der Waals surface area contributed by atoms with Gasteiger partial charge in [-0.15, -0.1) is 0 Å². The fourth-order valence-electron chi connectivity index (χ4n) is 2.02. The second-order valence-corrected chi connectivity index (χ2v) is 4.55. The Balaban J connectivity index is 2.84. The second-order valence-electron chi connectivity index (χ2n) is 4.55. The Labute approximate surface area is 119 Å². The van der Waals surface area contributed by atoms with Crippen molar-refractivity contribution in [2.45, 2.75) is 33.4 Å². The molecule has 0 spiro atoms. The summed E-state index contributed by atoms with van der Waals surface area (Å²) >= 11 is 0. The zero-order chi connectivity index (χ0) is 15.1. The van der Waals surface area contributed by atoms with Gasteiger partial charge in [-0.05, 0) is 46.0 Å². The summed E-state index contributed by atoms with van der Waals surface area (Å²) in [6.07, 6.45) is -0.587. The summed E-state index contributed by atoms with van der Waals surface area (Å²) in [5, 5.41) is 2.96. The van der Waals surface area contributed by atoms with Gasteiger partial charge in [-0.1, -0.05) is 0 Å². The Bertz CT molecular complexity index is 447. The lowest BCUT2D eigenvalue weighted by Crippen LogP contribution is -2.40. The summed E-state index contributed by atoms with van der Waals surface area (Å²) in [6, 6.07) is 4.32. The Hall–Kier alpha value is -1.62. The molecule has 4 nitrogen and oxygen atoms in total. The van der Waals surface area contributed by atoms with Gasteiger partial charge in [0.15, 0.2) is 6.10 Å². The molecule has 0 saturated heterocycles. The van der Waals surface area contributed by atoms with Crippen molar-refractivity contribution in [1.82, 2.24) is 10.2 Å². The molecule has 0 heterocycles. The summed E-state index contributed by atoms with van der Waals surface area (Å²) in [6.45, 7) is 7.36. The van der Waals surface area contributed by atoms with E-state index >= 15 is 0 Å². The van der Waals surface area contributed by atoms with Crippen LogP contribution in [0.1, 0.15) is 26.3 Å². The van der Waals surface area contributed by atoms with Crippen LogP contribution < -0.4 is 10.1 Å². The molecule has 0 fully saturated rings. The number of nitrogens with one attached hydrogen (secondary N) is 1. The number of rotatable bonds is 7. The number of benzene rings is 1. The third kappa shape index (κ3) is 4.20. The molecule has 0 aliphatic heterocycles. The molecular formula is C15H23FN2O2. The van der Waals surface area contributed by atoms with Gasteiger partial charge in [0.2, 0.25) is 0 Å². The second kappa shape index (κ2) is 7.85. The Kier molecular flexibility index (Phi) is 6.45. The molecule has 1 aromatic rings. The number of amides is 1. The van der Waals surface area contributed by atoms with Crippen LogP contribution >= 0.6 is 0 Å². The van der Waals surface area contributed by atoms with Crippen LogP contribution in [0.3, 0.4) is 0 Å². The first kappa shape index (κ1) is 16.4. The molecular weight excluding hydrogens is 259 g/mol. The van der Waals surface area contributed by atoms with Crippen molar-refractivity contribution in [2.24, 2.45) is 0 Å². The summed E-state index contributed by atoms with van der Waals surface area (Å²) in [4.78, 5) is 13.9. The van der Waals surface area contributed by atoms with Crippen LogP contribution in [0, 0.1) is 5.82 Å². The maximum Gasteiger partial charge on any atom is 0.263 e. The van der Waals surface area contributed by atoms with Gasteiger partial charge in [0, 0.05) is 25.2 Å². The van der Waals surface area contributed by atoms with Crippen molar-refractivity contribution < 1.29 is 13.9 Å². The van der Waals surface area contributed by atoms with Crippen molar-refractivity contribution >= 4 is 5.91 Å². The average Bonchev–Trinajstić information content (AvgIpc) is 2.43. The zero-order valence-electron chi connectivity index (χ0n) is 12.6. The van der Waals surface area contributed by atoms with Gasteiger partial charge in [-0.2, -0.15) is 0 Å². The van der Waals surface area contributed by atoms with Crippen LogP contribution in [-0.4, -0.2) is 37.0 Å². The standard InChI is InChI=1S/C15H23FN2O2/c1-5-18(6-2)15(19)11(3)20-14-8-7-13(16)9-12(14)10-17-4/h7-9,11,17H,5-6,10H2,1-4H3. The van der Waals surface area contributed by atoms with E-state index in [1.54, 1.807) is 24.9 Å². The van der Waals surface area contributed by atoms with Crippen molar-refractivity contribution in [3.8, 4) is 5.75 Å². The summed E-state index contributed by atoms with van der Waals surface area (Å²) in [5.41, 5.74) is 0.701. The van der Waals surface area contributed by atoms with E-state index in [4.69, 9.17) is 4.74 Å². The molecule has 20 heavy (non-hydrogen) atoms. The van der Waals surface area contributed by atoms with Gasteiger partial charge in [-0.3, -0.25) is 4.79 Å². The van der Waals surface area contributed by atoms with Gasteiger partial charge in [-0.25, -0.2) is 4.39 Å². The molecule has 0 aliphatic rings. The number of nitrogens with zero attached hydrogens (tertiary/aromatic N) is 1. The molecule has 1 amide bonds. The van der Waals surface area contributed by atoms with Crippen LogP contribution in [0.2, 0.25) is 0 Å². The van der Waals surface area contributed by atoms with Crippen LogP contribution in [0.25, 0.3) is 0 Å². The van der Waals surface area contributed by atoms with E-state index in [-0.39, 0.29) is 11.7 Å². The maximum atomic E-state index is 13.2. The smallest absolute Gasteiger partial charge is 0.263 e. The number of ether oxygens (including phenoxy) is 1. The van der Waals surface area contributed by atoms with E-state index in [1.165, 1.54) is 12.1 Å². The Morgan fingerprint density at radius 2 is 2.05 bits per heavy atom. The van der Waals surface area contributed by atoms with E-state index in [1.807, 2.05) is 13.8 Å². The molecule has 1 unspecified atom stereocenters. The van der Waals surface area contributed by atoms with Crippen LogP contribution in [0.5, 0.6) is 5.75 Å². The highest BCUT2D eigenvalue weighted by Crippen LogP contribution is 2.21. The van der Waals surface area contributed by atoms with E-state index < -0.39 is 6.10 Å². The Morgan fingerprint density at radius 1 is 1.40 bits per heavy atom. The molecule has 1 aromatic carbocycles. The van der Waals surface area contributed by atoms with E-state index in [0.717, 1.165) is 0 Å². The monoisotopic (exact) mass is 282 g/mol. The lowest BCUT2D eigenvalue weighted by molar-refractivity contribution is -0.137. The maximum absolute atomic E-state index is 13.2. The predicted octanol–water partition coefficient (Wildman–Crippen LogP) is 2.18. The molecule has 0 radical (unpaired) electrons. The predicted molar refractivity (Wildman–Crippen MR) is 77.2 cm³/mol. The minimum Gasteiger partial charge on any atom is -0.481 e. The molecule has 0 aliphatic carbocycles. The van der Waals surface area contributed by atoms with Gasteiger partial charge >= 0.3 is 0 Å². The normalized spacial score (nSPS) is 12.1. The van der Waals surface area contributed by atoms with Crippen molar-refractivity contribution in [3.63, 3.8) is 0 Å². The highest BCUT2D eigenvalue weighted by Gasteiger charge is 2.20.